The summed E-state index contributed by atoms with van der Waals surface area (Å²) >= 11 is 0. The molecule has 0 saturated heterocycles. The van der Waals surface area contributed by atoms with Crippen LogP contribution in [0.2, 0.25) is 0 Å². The van der Waals surface area contributed by atoms with Crippen molar-refractivity contribution in [1.29, 1.82) is 0 Å². The van der Waals surface area contributed by atoms with Gasteiger partial charge in [0.1, 0.15) is 0 Å². The Balaban J connectivity index is 2.47. The third-order valence-corrected chi connectivity index (χ3v) is 2.92. The van der Waals surface area contributed by atoms with Crippen molar-refractivity contribution in [1.82, 2.24) is 0 Å². The summed E-state index contributed by atoms with van der Waals surface area (Å²) in [5.41, 5.74) is 4.27. The highest BCUT2D eigenvalue weighted by Crippen LogP contribution is 2.28. The van der Waals surface area contributed by atoms with Crippen molar-refractivity contribution in [3.8, 4) is 0 Å². The molecule has 0 amide bonds. The van der Waals surface area contributed by atoms with E-state index in [1.165, 1.54) is 29.7 Å². The number of nitrogens with zero attached hydrogens (tertiary/aromatic N) is 1. The summed E-state index contributed by atoms with van der Waals surface area (Å²) in [6, 6.07) is 6.61. The summed E-state index contributed by atoms with van der Waals surface area (Å²) in [5, 5.41) is 0. The van der Waals surface area contributed by atoms with Gasteiger partial charge in [-0.2, -0.15) is 0 Å². The molecule has 14 heavy (non-hydrogen) atoms. The molecule has 0 aromatic heterocycles. The zero-order valence-electron chi connectivity index (χ0n) is 8.96. The van der Waals surface area contributed by atoms with Crippen LogP contribution in [0.15, 0.2) is 24.3 Å². The fraction of sp³-hybridized carbons (Fsp3) is 0.385. The van der Waals surface area contributed by atoms with Crippen molar-refractivity contribution in [2.24, 2.45) is 0 Å². The second-order valence-corrected chi connectivity index (χ2v) is 3.81. The molecule has 0 unspecified atom stereocenters. The molecule has 0 spiro atoms. The maximum Gasteiger partial charge on any atom is 0.0439 e. The maximum absolute atomic E-state index is 2.30. The molecule has 0 bridgehead atoms. The fourth-order valence-electron chi connectivity index (χ4n) is 1.95. The average molecular weight is 187 g/mol. The molecule has 1 nitrogen and oxygen atoms in total. The molecular weight excluding hydrogens is 170 g/mol. The molecule has 1 aromatic carbocycles. The Morgan fingerprint density at radius 1 is 1.36 bits per heavy atom. The summed E-state index contributed by atoms with van der Waals surface area (Å²) in [7, 11) is 2.15. The smallest absolute Gasteiger partial charge is 0.0439 e. The molecule has 0 saturated carbocycles. The van der Waals surface area contributed by atoms with E-state index in [0.717, 1.165) is 6.54 Å². The number of benzene rings is 1. The lowest BCUT2D eigenvalue weighted by Crippen LogP contribution is -2.17. The first kappa shape index (κ1) is 9.32. The minimum Gasteiger partial charge on any atom is -0.374 e. The second-order valence-electron chi connectivity index (χ2n) is 3.81. The van der Waals surface area contributed by atoms with Gasteiger partial charge < -0.3 is 4.90 Å². The summed E-state index contributed by atoms with van der Waals surface area (Å²) in [6.45, 7) is 3.25. The number of aryl methyl sites for hydroxylation is 1. The Morgan fingerprint density at radius 2 is 2.21 bits per heavy atom. The monoisotopic (exact) mass is 187 g/mol. The number of hydrogen-bond acceptors (Lipinski definition) is 1. The van der Waals surface area contributed by atoms with Crippen LogP contribution in [0.25, 0.3) is 6.08 Å². The molecule has 1 aliphatic carbocycles. The lowest BCUT2D eigenvalue weighted by Gasteiger charge is -2.22. The SMILES string of the molecule is CCN(C)c1cccc2c1C=CCC2. The van der Waals surface area contributed by atoms with Crippen molar-refractivity contribution in [3.63, 3.8) is 0 Å². The van der Waals surface area contributed by atoms with Gasteiger partial charge in [-0.1, -0.05) is 24.3 Å². The third-order valence-electron chi connectivity index (χ3n) is 2.92. The van der Waals surface area contributed by atoms with E-state index in [2.05, 4.69) is 49.2 Å². The van der Waals surface area contributed by atoms with Gasteiger partial charge in [0, 0.05) is 24.8 Å². The molecule has 1 aromatic rings. The van der Waals surface area contributed by atoms with Crippen LogP contribution in [-0.2, 0) is 6.42 Å². The number of hydrogen-bond donors (Lipinski definition) is 0. The molecule has 0 N–H and O–H groups in total. The normalized spacial score (nSPS) is 13.9. The predicted molar refractivity (Wildman–Crippen MR) is 62.7 cm³/mol. The molecule has 0 radical (unpaired) electrons. The van der Waals surface area contributed by atoms with Gasteiger partial charge in [0.2, 0.25) is 0 Å². The number of allylic oxidation sites excluding steroid dienone is 1. The van der Waals surface area contributed by atoms with Crippen LogP contribution in [0.1, 0.15) is 24.5 Å². The van der Waals surface area contributed by atoms with Gasteiger partial charge in [0.25, 0.3) is 0 Å². The van der Waals surface area contributed by atoms with E-state index in [1.807, 2.05) is 0 Å². The first-order chi connectivity index (χ1) is 6.83. The van der Waals surface area contributed by atoms with Crippen LogP contribution in [0.3, 0.4) is 0 Å². The number of fused-ring (bicyclic) bond motifs is 1. The lowest BCUT2D eigenvalue weighted by atomic mass is 9.95. The van der Waals surface area contributed by atoms with Gasteiger partial charge in [-0.15, -0.1) is 0 Å². The standard InChI is InChI=1S/C13H17N/c1-3-14(2)13-10-6-8-11-7-4-5-9-12(11)13/h5-6,8-10H,3-4,7H2,1-2H3. The highest BCUT2D eigenvalue weighted by atomic mass is 15.1. The first-order valence-electron chi connectivity index (χ1n) is 5.32. The van der Waals surface area contributed by atoms with Gasteiger partial charge in [-0.05, 0) is 31.4 Å². The van der Waals surface area contributed by atoms with Crippen LogP contribution in [0.4, 0.5) is 5.69 Å². The van der Waals surface area contributed by atoms with Gasteiger partial charge >= 0.3 is 0 Å². The van der Waals surface area contributed by atoms with Crippen molar-refractivity contribution in [2.75, 3.05) is 18.5 Å². The van der Waals surface area contributed by atoms with Gasteiger partial charge in [0.05, 0.1) is 0 Å². The molecule has 1 heteroatoms. The molecule has 0 aliphatic heterocycles. The van der Waals surface area contributed by atoms with E-state index < -0.39 is 0 Å². The summed E-state index contributed by atoms with van der Waals surface area (Å²) in [4.78, 5) is 2.30. The number of rotatable bonds is 2. The molecule has 0 fully saturated rings. The van der Waals surface area contributed by atoms with Crippen LogP contribution in [-0.4, -0.2) is 13.6 Å². The van der Waals surface area contributed by atoms with E-state index in [-0.39, 0.29) is 0 Å². The topological polar surface area (TPSA) is 3.24 Å². The minimum absolute atomic E-state index is 1.06. The van der Waals surface area contributed by atoms with Crippen molar-refractivity contribution < 1.29 is 0 Å². The highest BCUT2D eigenvalue weighted by Gasteiger charge is 2.10. The van der Waals surface area contributed by atoms with Gasteiger partial charge in [-0.3, -0.25) is 0 Å². The fourth-order valence-corrected chi connectivity index (χ4v) is 1.95. The molecule has 0 heterocycles. The average Bonchev–Trinajstić information content (AvgIpc) is 2.27. The van der Waals surface area contributed by atoms with E-state index in [0.29, 0.717) is 0 Å². The van der Waals surface area contributed by atoms with Crippen molar-refractivity contribution in [2.45, 2.75) is 19.8 Å². The largest absolute Gasteiger partial charge is 0.374 e. The highest BCUT2D eigenvalue weighted by molar-refractivity contribution is 5.71. The van der Waals surface area contributed by atoms with Crippen molar-refractivity contribution in [3.05, 3.63) is 35.4 Å². The quantitative estimate of drug-likeness (QED) is 0.687. The Labute approximate surface area is 86.1 Å². The molecule has 0 atom stereocenters. The Kier molecular flexibility index (Phi) is 2.58. The lowest BCUT2D eigenvalue weighted by molar-refractivity contribution is 0.943. The van der Waals surface area contributed by atoms with Crippen LogP contribution in [0, 0.1) is 0 Å². The Bertz CT molecular complexity index is 352. The summed E-state index contributed by atoms with van der Waals surface area (Å²) in [6.07, 6.45) is 6.92. The predicted octanol–water partition coefficient (Wildman–Crippen LogP) is 3.10. The van der Waals surface area contributed by atoms with E-state index in [9.17, 15) is 0 Å². The molecule has 1 aliphatic rings. The zero-order chi connectivity index (χ0) is 9.97. The number of anilines is 1. The van der Waals surface area contributed by atoms with E-state index >= 15 is 0 Å². The van der Waals surface area contributed by atoms with Crippen LogP contribution < -0.4 is 4.90 Å². The van der Waals surface area contributed by atoms with E-state index in [4.69, 9.17) is 0 Å². The molecule has 2 rings (SSSR count). The molecule has 74 valence electrons. The summed E-state index contributed by atoms with van der Waals surface area (Å²) < 4.78 is 0. The summed E-state index contributed by atoms with van der Waals surface area (Å²) in [5.74, 6) is 0. The van der Waals surface area contributed by atoms with Crippen molar-refractivity contribution >= 4 is 11.8 Å². The maximum atomic E-state index is 2.30. The minimum atomic E-state index is 1.06. The van der Waals surface area contributed by atoms with E-state index in [1.54, 1.807) is 0 Å². The van der Waals surface area contributed by atoms with Crippen LogP contribution in [0.5, 0.6) is 0 Å². The second kappa shape index (κ2) is 3.87. The Hall–Kier alpha value is -1.24. The Morgan fingerprint density at radius 3 is 3.00 bits per heavy atom. The third kappa shape index (κ3) is 1.54. The zero-order valence-corrected chi connectivity index (χ0v) is 8.96. The van der Waals surface area contributed by atoms with Crippen LogP contribution >= 0.6 is 0 Å². The first-order valence-corrected chi connectivity index (χ1v) is 5.32. The van der Waals surface area contributed by atoms with Gasteiger partial charge in [0.15, 0.2) is 0 Å². The van der Waals surface area contributed by atoms with Gasteiger partial charge in [-0.25, -0.2) is 0 Å². The molecular formula is C13H17N.